The highest BCUT2D eigenvalue weighted by molar-refractivity contribution is 5.97. The van der Waals surface area contributed by atoms with Crippen molar-refractivity contribution in [3.05, 3.63) is 35.4 Å². The highest BCUT2D eigenvalue weighted by Gasteiger charge is 2.33. The van der Waals surface area contributed by atoms with E-state index < -0.39 is 29.6 Å². The van der Waals surface area contributed by atoms with Gasteiger partial charge in [0.25, 0.3) is 5.91 Å². The molecule has 0 bridgehead atoms. The van der Waals surface area contributed by atoms with E-state index in [1.807, 2.05) is 0 Å². The lowest BCUT2D eigenvalue weighted by Gasteiger charge is -2.33. The van der Waals surface area contributed by atoms with Gasteiger partial charge in [-0.25, -0.2) is 13.6 Å². The molecule has 0 saturated carbocycles. The van der Waals surface area contributed by atoms with Gasteiger partial charge in [0.1, 0.15) is 17.7 Å². The summed E-state index contributed by atoms with van der Waals surface area (Å²) >= 11 is 0. The summed E-state index contributed by atoms with van der Waals surface area (Å²) in [7, 11) is 1.25. The Bertz CT molecular complexity index is 513. The molecule has 0 aliphatic carbocycles. The van der Waals surface area contributed by atoms with E-state index in [4.69, 9.17) is 0 Å². The van der Waals surface area contributed by atoms with E-state index in [0.717, 1.165) is 25.0 Å². The number of carbonyl (C=O) groups excluding carboxylic acids is 2. The summed E-state index contributed by atoms with van der Waals surface area (Å²) in [5.41, 5.74) is -0.0988. The molecule has 108 valence electrons. The van der Waals surface area contributed by atoms with Gasteiger partial charge in [0, 0.05) is 18.2 Å². The molecule has 1 amide bonds. The van der Waals surface area contributed by atoms with Crippen LogP contribution in [0.2, 0.25) is 0 Å². The quantitative estimate of drug-likeness (QED) is 0.781. The Labute approximate surface area is 115 Å². The lowest BCUT2D eigenvalue weighted by Crippen LogP contribution is -2.48. The highest BCUT2D eigenvalue weighted by atomic mass is 19.1. The van der Waals surface area contributed by atoms with Crippen molar-refractivity contribution in [1.29, 1.82) is 0 Å². The number of amides is 1. The third kappa shape index (κ3) is 2.95. The van der Waals surface area contributed by atoms with Crippen LogP contribution >= 0.6 is 0 Å². The minimum atomic E-state index is -0.819. The maximum Gasteiger partial charge on any atom is 0.328 e. The maximum absolute atomic E-state index is 13.2. The number of piperidine rings is 1. The fourth-order valence-corrected chi connectivity index (χ4v) is 2.40. The molecule has 0 aromatic heterocycles. The van der Waals surface area contributed by atoms with E-state index in [0.29, 0.717) is 19.0 Å². The van der Waals surface area contributed by atoms with E-state index >= 15 is 0 Å². The van der Waals surface area contributed by atoms with E-state index in [1.54, 1.807) is 0 Å². The molecule has 0 radical (unpaired) electrons. The lowest BCUT2D eigenvalue weighted by molar-refractivity contribution is -0.147. The molecular formula is C14H15F2NO3. The third-order valence-electron chi connectivity index (χ3n) is 3.35. The SMILES string of the molecule is COC(=O)C1CCCCN1C(=O)c1cc(F)cc(F)c1. The fraction of sp³-hybridized carbons (Fsp3) is 0.429. The number of carbonyl (C=O) groups is 2. The Balaban J connectivity index is 2.27. The summed E-state index contributed by atoms with van der Waals surface area (Å²) in [5.74, 6) is -2.70. The standard InChI is InChI=1S/C14H15F2NO3/c1-20-14(19)12-4-2-3-5-17(12)13(18)9-6-10(15)8-11(16)7-9/h6-8,12H,2-5H2,1H3. The molecule has 1 aliphatic rings. The summed E-state index contributed by atoms with van der Waals surface area (Å²) in [6, 6.07) is 1.95. The molecule has 2 rings (SSSR count). The van der Waals surface area contributed by atoms with Gasteiger partial charge in [0.05, 0.1) is 7.11 Å². The summed E-state index contributed by atoms with van der Waals surface area (Å²) < 4.78 is 31.0. The first kappa shape index (κ1) is 14.4. The van der Waals surface area contributed by atoms with Crippen LogP contribution in [0.1, 0.15) is 29.6 Å². The van der Waals surface area contributed by atoms with Gasteiger partial charge in [-0.2, -0.15) is 0 Å². The molecular weight excluding hydrogens is 268 g/mol. The molecule has 1 unspecified atom stereocenters. The molecule has 1 aliphatic heterocycles. The average Bonchev–Trinajstić information content (AvgIpc) is 2.44. The van der Waals surface area contributed by atoms with Crippen molar-refractivity contribution in [3.8, 4) is 0 Å². The molecule has 0 N–H and O–H groups in total. The zero-order chi connectivity index (χ0) is 14.7. The average molecular weight is 283 g/mol. The normalized spacial score (nSPS) is 18.8. The molecule has 6 heteroatoms. The first-order valence-electron chi connectivity index (χ1n) is 6.38. The Hall–Kier alpha value is -1.98. The maximum atomic E-state index is 13.2. The van der Waals surface area contributed by atoms with Crippen molar-refractivity contribution in [2.24, 2.45) is 0 Å². The number of halogens is 2. The topological polar surface area (TPSA) is 46.6 Å². The monoisotopic (exact) mass is 283 g/mol. The van der Waals surface area contributed by atoms with Crippen molar-refractivity contribution >= 4 is 11.9 Å². The van der Waals surface area contributed by atoms with Gasteiger partial charge >= 0.3 is 5.97 Å². The Morgan fingerprint density at radius 3 is 2.45 bits per heavy atom. The predicted molar refractivity (Wildman–Crippen MR) is 67.0 cm³/mol. The van der Waals surface area contributed by atoms with Crippen LogP contribution in [0.5, 0.6) is 0 Å². The number of ether oxygens (including phenoxy) is 1. The molecule has 1 saturated heterocycles. The smallest absolute Gasteiger partial charge is 0.328 e. The second-order valence-corrected chi connectivity index (χ2v) is 4.69. The van der Waals surface area contributed by atoms with Crippen LogP contribution in [-0.2, 0) is 9.53 Å². The van der Waals surface area contributed by atoms with Crippen molar-refractivity contribution in [2.45, 2.75) is 25.3 Å². The summed E-state index contributed by atoms with van der Waals surface area (Å²) in [6.07, 6.45) is 2.05. The number of nitrogens with zero attached hydrogens (tertiary/aromatic N) is 1. The summed E-state index contributed by atoms with van der Waals surface area (Å²) in [4.78, 5) is 25.3. The minimum absolute atomic E-state index is 0.0988. The van der Waals surface area contributed by atoms with Crippen LogP contribution in [0.15, 0.2) is 18.2 Å². The number of esters is 1. The second-order valence-electron chi connectivity index (χ2n) is 4.69. The van der Waals surface area contributed by atoms with Gasteiger partial charge < -0.3 is 9.64 Å². The Kier molecular flexibility index (Phi) is 4.32. The van der Waals surface area contributed by atoms with E-state index in [2.05, 4.69) is 4.74 Å². The fourth-order valence-electron chi connectivity index (χ4n) is 2.40. The molecule has 1 heterocycles. The zero-order valence-corrected chi connectivity index (χ0v) is 11.1. The molecule has 4 nitrogen and oxygen atoms in total. The predicted octanol–water partition coefficient (Wildman–Crippen LogP) is 2.13. The van der Waals surface area contributed by atoms with Gasteiger partial charge in [-0.1, -0.05) is 0 Å². The van der Waals surface area contributed by atoms with Crippen LogP contribution in [-0.4, -0.2) is 36.5 Å². The molecule has 20 heavy (non-hydrogen) atoms. The molecule has 1 aromatic carbocycles. The number of benzene rings is 1. The van der Waals surface area contributed by atoms with Gasteiger partial charge in [0.15, 0.2) is 0 Å². The third-order valence-corrected chi connectivity index (χ3v) is 3.35. The number of rotatable bonds is 2. The van der Waals surface area contributed by atoms with Crippen molar-refractivity contribution in [1.82, 2.24) is 4.90 Å². The van der Waals surface area contributed by atoms with Crippen molar-refractivity contribution in [3.63, 3.8) is 0 Å². The Morgan fingerprint density at radius 2 is 1.85 bits per heavy atom. The second kappa shape index (κ2) is 5.98. The van der Waals surface area contributed by atoms with Gasteiger partial charge in [-0.3, -0.25) is 4.79 Å². The molecule has 1 fully saturated rings. The van der Waals surface area contributed by atoms with E-state index in [9.17, 15) is 18.4 Å². The number of likely N-dealkylation sites (tertiary alicyclic amines) is 1. The van der Waals surface area contributed by atoms with Gasteiger partial charge in [-0.15, -0.1) is 0 Å². The van der Waals surface area contributed by atoms with Crippen LogP contribution in [0.3, 0.4) is 0 Å². The largest absolute Gasteiger partial charge is 0.467 e. The number of methoxy groups -OCH3 is 1. The summed E-state index contributed by atoms with van der Waals surface area (Å²) in [6.45, 7) is 0.372. The lowest BCUT2D eigenvalue weighted by atomic mass is 10.0. The van der Waals surface area contributed by atoms with Crippen molar-refractivity contribution in [2.75, 3.05) is 13.7 Å². The molecule has 1 atom stereocenters. The van der Waals surface area contributed by atoms with E-state index in [-0.39, 0.29) is 5.56 Å². The van der Waals surface area contributed by atoms with Crippen LogP contribution in [0.25, 0.3) is 0 Å². The van der Waals surface area contributed by atoms with Gasteiger partial charge in [0.2, 0.25) is 0 Å². The molecule has 1 aromatic rings. The van der Waals surface area contributed by atoms with Crippen molar-refractivity contribution < 1.29 is 23.1 Å². The first-order valence-corrected chi connectivity index (χ1v) is 6.38. The highest BCUT2D eigenvalue weighted by Crippen LogP contribution is 2.21. The Morgan fingerprint density at radius 1 is 1.20 bits per heavy atom. The van der Waals surface area contributed by atoms with Gasteiger partial charge in [-0.05, 0) is 31.4 Å². The molecule has 0 spiro atoms. The van der Waals surface area contributed by atoms with Crippen LogP contribution in [0, 0.1) is 11.6 Å². The zero-order valence-electron chi connectivity index (χ0n) is 11.1. The van der Waals surface area contributed by atoms with E-state index in [1.165, 1.54) is 12.0 Å². The number of hydrogen-bond acceptors (Lipinski definition) is 3. The summed E-state index contributed by atoms with van der Waals surface area (Å²) in [5, 5.41) is 0. The van der Waals surface area contributed by atoms with Crippen LogP contribution in [0.4, 0.5) is 8.78 Å². The first-order chi connectivity index (χ1) is 9.52. The van der Waals surface area contributed by atoms with Crippen LogP contribution < -0.4 is 0 Å². The number of hydrogen-bond donors (Lipinski definition) is 0. The minimum Gasteiger partial charge on any atom is -0.467 e.